The molecule has 1 heterocycles. The summed E-state index contributed by atoms with van der Waals surface area (Å²) in [6, 6.07) is 7.47. The molecule has 0 unspecified atom stereocenters. The third-order valence-electron chi connectivity index (χ3n) is 4.59. The van der Waals surface area contributed by atoms with E-state index in [2.05, 4.69) is 0 Å². The van der Waals surface area contributed by atoms with Crippen LogP contribution in [0.3, 0.4) is 0 Å². The van der Waals surface area contributed by atoms with Crippen LogP contribution < -0.4 is 0 Å². The van der Waals surface area contributed by atoms with Crippen molar-refractivity contribution in [2.24, 2.45) is 11.8 Å². The van der Waals surface area contributed by atoms with Crippen LogP contribution in [0.5, 0.6) is 0 Å². The summed E-state index contributed by atoms with van der Waals surface area (Å²) in [5.41, 5.74) is 0.920. The lowest BCUT2D eigenvalue weighted by atomic mass is 9.82. The number of carbonyl (C=O) groups excluding carboxylic acids is 1. The van der Waals surface area contributed by atoms with E-state index in [0.29, 0.717) is 25.3 Å². The van der Waals surface area contributed by atoms with E-state index in [1.54, 1.807) is 12.0 Å². The zero-order valence-electron chi connectivity index (χ0n) is 13.3. The smallest absolute Gasteiger partial charge is 0.253 e. The van der Waals surface area contributed by atoms with E-state index in [0.717, 1.165) is 5.56 Å². The number of rotatable bonds is 4. The van der Waals surface area contributed by atoms with Crippen molar-refractivity contribution in [3.8, 4) is 0 Å². The second kappa shape index (κ2) is 6.16. The number of ether oxygens (including phenoxy) is 1. The molecule has 1 aromatic carbocycles. The third kappa shape index (κ3) is 3.11. The van der Waals surface area contributed by atoms with E-state index in [1.165, 1.54) is 0 Å². The number of β-amino-alcohol motifs (C(OH)–C–C–N with tert-alkyl or cyclic N) is 1. The average Bonchev–Trinajstić information content (AvgIpc) is 2.77. The predicted octanol–water partition coefficient (Wildman–Crippen LogP) is 2.31. The fraction of sp³-hybridized carbons (Fsp3) is 0.588. The number of hydrogen-bond donors (Lipinski definition) is 1. The van der Waals surface area contributed by atoms with E-state index in [4.69, 9.17) is 4.74 Å². The molecule has 4 nitrogen and oxygen atoms in total. The van der Waals surface area contributed by atoms with E-state index in [9.17, 15) is 9.90 Å². The van der Waals surface area contributed by atoms with Gasteiger partial charge in [-0.15, -0.1) is 0 Å². The number of carbonyl (C=O) groups is 1. The van der Waals surface area contributed by atoms with Crippen molar-refractivity contribution in [3.63, 3.8) is 0 Å². The summed E-state index contributed by atoms with van der Waals surface area (Å²) < 4.78 is 5.07. The summed E-state index contributed by atoms with van der Waals surface area (Å²) in [5, 5.41) is 10.7. The molecule has 1 aromatic rings. The van der Waals surface area contributed by atoms with Crippen LogP contribution in [-0.2, 0) is 11.3 Å². The molecule has 1 saturated heterocycles. The van der Waals surface area contributed by atoms with E-state index in [-0.39, 0.29) is 17.7 Å². The first-order chi connectivity index (χ1) is 9.88. The molecule has 2 atom stereocenters. The van der Waals surface area contributed by atoms with Crippen LogP contribution in [0.25, 0.3) is 0 Å². The van der Waals surface area contributed by atoms with Gasteiger partial charge in [-0.05, 0) is 23.6 Å². The largest absolute Gasteiger partial charge is 0.387 e. The Kier molecular flexibility index (Phi) is 4.69. The summed E-state index contributed by atoms with van der Waals surface area (Å²) in [4.78, 5) is 14.3. The molecule has 0 aliphatic carbocycles. The van der Waals surface area contributed by atoms with E-state index < -0.39 is 5.60 Å². The maximum Gasteiger partial charge on any atom is 0.253 e. The Morgan fingerprint density at radius 2 is 2.05 bits per heavy atom. The van der Waals surface area contributed by atoms with Gasteiger partial charge in [-0.25, -0.2) is 0 Å². The molecular weight excluding hydrogens is 266 g/mol. The van der Waals surface area contributed by atoms with Crippen LogP contribution in [0.15, 0.2) is 24.3 Å². The van der Waals surface area contributed by atoms with Gasteiger partial charge in [0.05, 0.1) is 18.8 Å². The van der Waals surface area contributed by atoms with Crippen molar-refractivity contribution in [2.45, 2.75) is 33.0 Å². The molecular formula is C17H25NO3. The van der Waals surface area contributed by atoms with Crippen molar-refractivity contribution in [1.29, 1.82) is 0 Å². The Bertz CT molecular complexity index is 497. The van der Waals surface area contributed by atoms with Gasteiger partial charge in [0.25, 0.3) is 5.91 Å². The van der Waals surface area contributed by atoms with Crippen molar-refractivity contribution in [3.05, 3.63) is 35.4 Å². The van der Waals surface area contributed by atoms with Crippen molar-refractivity contribution >= 4 is 5.91 Å². The molecule has 21 heavy (non-hydrogen) atoms. The first-order valence-electron chi connectivity index (χ1n) is 7.48. The summed E-state index contributed by atoms with van der Waals surface area (Å²) in [7, 11) is 1.65. The number of nitrogens with zero attached hydrogens (tertiary/aromatic N) is 1. The van der Waals surface area contributed by atoms with Gasteiger partial charge in [0.1, 0.15) is 0 Å². The van der Waals surface area contributed by atoms with Crippen LogP contribution in [0.4, 0.5) is 0 Å². The highest BCUT2D eigenvalue weighted by Gasteiger charge is 2.46. The van der Waals surface area contributed by atoms with Crippen LogP contribution in [0, 0.1) is 11.8 Å². The maximum absolute atomic E-state index is 12.6. The molecule has 1 N–H and O–H groups in total. The molecule has 1 amide bonds. The number of aliphatic hydroxyl groups is 1. The second-order valence-corrected chi connectivity index (χ2v) is 6.36. The fourth-order valence-electron chi connectivity index (χ4n) is 3.01. The molecule has 0 saturated carbocycles. The predicted molar refractivity (Wildman–Crippen MR) is 82.0 cm³/mol. The first-order valence-corrected chi connectivity index (χ1v) is 7.48. The zero-order chi connectivity index (χ0) is 15.6. The molecule has 1 aliphatic rings. The van der Waals surface area contributed by atoms with Crippen molar-refractivity contribution < 1.29 is 14.6 Å². The van der Waals surface area contributed by atoms with Gasteiger partial charge in [0.15, 0.2) is 0 Å². The van der Waals surface area contributed by atoms with Gasteiger partial charge >= 0.3 is 0 Å². The molecule has 0 spiro atoms. The van der Waals surface area contributed by atoms with Gasteiger partial charge in [0.2, 0.25) is 0 Å². The standard InChI is InChI=1S/C17H25NO3/c1-12(2)17(20)11-18(9-13(17)3)16(19)15-7-5-14(6-8-15)10-21-4/h5-8,12-13,20H,9-11H2,1-4H3/t13-,17-/m1/s1. The van der Waals surface area contributed by atoms with Crippen LogP contribution >= 0.6 is 0 Å². The Morgan fingerprint density at radius 1 is 1.43 bits per heavy atom. The Hall–Kier alpha value is -1.39. The highest BCUT2D eigenvalue weighted by atomic mass is 16.5. The maximum atomic E-state index is 12.6. The summed E-state index contributed by atoms with van der Waals surface area (Å²) in [6.07, 6.45) is 0. The van der Waals surface area contributed by atoms with Gasteiger partial charge in [-0.1, -0.05) is 32.9 Å². The highest BCUT2D eigenvalue weighted by molar-refractivity contribution is 5.94. The lowest BCUT2D eigenvalue weighted by molar-refractivity contribution is -0.0243. The van der Waals surface area contributed by atoms with Gasteiger partial charge < -0.3 is 14.7 Å². The summed E-state index contributed by atoms with van der Waals surface area (Å²) in [5.74, 6) is 0.214. The fourth-order valence-corrected chi connectivity index (χ4v) is 3.01. The molecule has 0 bridgehead atoms. The van der Waals surface area contributed by atoms with Gasteiger partial charge in [-0.3, -0.25) is 4.79 Å². The van der Waals surface area contributed by atoms with Crippen LogP contribution in [-0.4, -0.2) is 41.7 Å². The minimum absolute atomic E-state index is 0.0117. The minimum Gasteiger partial charge on any atom is -0.387 e. The molecule has 0 radical (unpaired) electrons. The zero-order valence-corrected chi connectivity index (χ0v) is 13.3. The van der Waals surface area contributed by atoms with Crippen LogP contribution in [0.1, 0.15) is 36.7 Å². The Morgan fingerprint density at radius 3 is 2.52 bits per heavy atom. The third-order valence-corrected chi connectivity index (χ3v) is 4.59. The molecule has 1 aliphatic heterocycles. The van der Waals surface area contributed by atoms with E-state index in [1.807, 2.05) is 45.0 Å². The monoisotopic (exact) mass is 291 g/mol. The normalized spacial score (nSPS) is 25.6. The van der Waals surface area contributed by atoms with Gasteiger partial charge in [0, 0.05) is 25.1 Å². The molecule has 4 heteroatoms. The SMILES string of the molecule is COCc1ccc(C(=O)N2C[C@@H](C)[C@](O)(C(C)C)C2)cc1. The van der Waals surface area contributed by atoms with Gasteiger partial charge in [-0.2, -0.15) is 0 Å². The number of hydrogen-bond acceptors (Lipinski definition) is 3. The van der Waals surface area contributed by atoms with Crippen molar-refractivity contribution in [1.82, 2.24) is 4.90 Å². The van der Waals surface area contributed by atoms with Crippen LogP contribution in [0.2, 0.25) is 0 Å². The number of methoxy groups -OCH3 is 1. The second-order valence-electron chi connectivity index (χ2n) is 6.36. The topological polar surface area (TPSA) is 49.8 Å². The first kappa shape index (κ1) is 16.0. The lowest BCUT2D eigenvalue weighted by Gasteiger charge is -2.31. The molecule has 1 fully saturated rings. The Labute approximate surface area is 126 Å². The Balaban J connectivity index is 2.11. The summed E-state index contributed by atoms with van der Waals surface area (Å²) >= 11 is 0. The molecule has 0 aromatic heterocycles. The average molecular weight is 291 g/mol. The highest BCUT2D eigenvalue weighted by Crippen LogP contribution is 2.34. The quantitative estimate of drug-likeness (QED) is 0.926. The minimum atomic E-state index is -0.786. The number of likely N-dealkylation sites (tertiary alicyclic amines) is 1. The lowest BCUT2D eigenvalue weighted by Crippen LogP contribution is -2.43. The number of amides is 1. The molecule has 2 rings (SSSR count). The summed E-state index contributed by atoms with van der Waals surface area (Å²) in [6.45, 7) is 7.57. The van der Waals surface area contributed by atoms with Crippen molar-refractivity contribution in [2.75, 3.05) is 20.2 Å². The number of benzene rings is 1. The van der Waals surface area contributed by atoms with E-state index >= 15 is 0 Å². The molecule has 116 valence electrons.